The molecular formula is C48H28S. The monoisotopic (exact) mass is 636 g/mol. The zero-order valence-electron chi connectivity index (χ0n) is 26.6. The van der Waals surface area contributed by atoms with E-state index < -0.39 is 0 Å². The van der Waals surface area contributed by atoms with Crippen molar-refractivity contribution in [2.24, 2.45) is 0 Å². The minimum absolute atomic E-state index is 1.26. The van der Waals surface area contributed by atoms with Crippen molar-refractivity contribution in [1.82, 2.24) is 0 Å². The lowest BCUT2D eigenvalue weighted by atomic mass is 9.83. The average molecular weight is 637 g/mol. The van der Waals surface area contributed by atoms with Gasteiger partial charge in [0.1, 0.15) is 0 Å². The average Bonchev–Trinajstić information content (AvgIpc) is 3.54. The van der Waals surface area contributed by atoms with Crippen LogP contribution in [0.15, 0.2) is 170 Å². The second-order valence-corrected chi connectivity index (χ2v) is 14.2. The smallest absolute Gasteiger partial charge is 0.0434 e. The molecule has 0 saturated carbocycles. The molecule has 10 aromatic carbocycles. The van der Waals surface area contributed by atoms with E-state index in [-0.39, 0.29) is 0 Å². The van der Waals surface area contributed by atoms with Crippen molar-refractivity contribution in [3.8, 4) is 22.3 Å². The van der Waals surface area contributed by atoms with Crippen LogP contribution in [-0.4, -0.2) is 0 Å². The van der Waals surface area contributed by atoms with E-state index in [9.17, 15) is 0 Å². The topological polar surface area (TPSA) is 0 Å². The lowest BCUT2D eigenvalue weighted by Crippen LogP contribution is -1.92. The van der Waals surface area contributed by atoms with Crippen molar-refractivity contribution >= 4 is 96.1 Å². The number of fused-ring (bicyclic) bond motifs is 11. The summed E-state index contributed by atoms with van der Waals surface area (Å²) in [6, 6.07) is 63.2. The summed E-state index contributed by atoms with van der Waals surface area (Å²) in [6.45, 7) is 0. The van der Waals surface area contributed by atoms with Crippen LogP contribution in [0.2, 0.25) is 0 Å². The highest BCUT2D eigenvalue weighted by atomic mass is 32.1. The van der Waals surface area contributed by atoms with Gasteiger partial charge in [-0.1, -0.05) is 158 Å². The highest BCUT2D eigenvalue weighted by Crippen LogP contribution is 2.49. The van der Waals surface area contributed by atoms with Crippen LogP contribution in [0.25, 0.3) is 107 Å². The second-order valence-electron chi connectivity index (χ2n) is 13.2. The Labute approximate surface area is 287 Å². The summed E-state index contributed by atoms with van der Waals surface area (Å²) in [5.74, 6) is 0. The van der Waals surface area contributed by atoms with Gasteiger partial charge in [-0.25, -0.2) is 0 Å². The number of thiophene rings is 1. The van der Waals surface area contributed by atoms with E-state index in [1.54, 1.807) is 0 Å². The third kappa shape index (κ3) is 3.85. The molecule has 49 heavy (non-hydrogen) atoms. The molecule has 0 amide bonds. The quantitative estimate of drug-likeness (QED) is 0.131. The minimum Gasteiger partial charge on any atom is -0.135 e. The van der Waals surface area contributed by atoms with Gasteiger partial charge in [0.2, 0.25) is 0 Å². The fourth-order valence-corrected chi connectivity index (χ4v) is 9.74. The van der Waals surface area contributed by atoms with Crippen LogP contribution in [0.1, 0.15) is 0 Å². The number of rotatable bonds is 2. The van der Waals surface area contributed by atoms with Crippen LogP contribution in [0.4, 0.5) is 0 Å². The summed E-state index contributed by atoms with van der Waals surface area (Å²) < 4.78 is 2.69. The Morgan fingerprint density at radius 2 is 0.714 bits per heavy atom. The lowest BCUT2D eigenvalue weighted by molar-refractivity contribution is 1.70. The largest absolute Gasteiger partial charge is 0.135 e. The molecule has 0 fully saturated rings. The van der Waals surface area contributed by atoms with Crippen molar-refractivity contribution in [1.29, 1.82) is 0 Å². The van der Waals surface area contributed by atoms with E-state index in [4.69, 9.17) is 0 Å². The first-order valence-electron chi connectivity index (χ1n) is 16.9. The first kappa shape index (κ1) is 27.0. The van der Waals surface area contributed by atoms with E-state index in [1.807, 2.05) is 11.3 Å². The number of benzene rings is 10. The Hall–Kier alpha value is -6.02. The van der Waals surface area contributed by atoms with Gasteiger partial charge in [0, 0.05) is 25.6 Å². The molecule has 1 heterocycles. The van der Waals surface area contributed by atoms with Gasteiger partial charge in [-0.2, -0.15) is 0 Å². The maximum Gasteiger partial charge on any atom is 0.0434 e. The fraction of sp³-hybridized carbons (Fsp3) is 0. The lowest BCUT2D eigenvalue weighted by Gasteiger charge is -2.20. The van der Waals surface area contributed by atoms with Crippen molar-refractivity contribution in [3.05, 3.63) is 170 Å². The summed E-state index contributed by atoms with van der Waals surface area (Å²) >= 11 is 1.92. The van der Waals surface area contributed by atoms with Gasteiger partial charge in [-0.15, -0.1) is 11.3 Å². The number of hydrogen-bond acceptors (Lipinski definition) is 1. The van der Waals surface area contributed by atoms with Gasteiger partial charge in [-0.3, -0.25) is 0 Å². The second kappa shape index (κ2) is 10.2. The zero-order chi connectivity index (χ0) is 32.1. The first-order chi connectivity index (χ1) is 24.3. The van der Waals surface area contributed by atoms with Gasteiger partial charge in [0.05, 0.1) is 0 Å². The molecule has 1 heteroatoms. The van der Waals surface area contributed by atoms with E-state index in [2.05, 4.69) is 170 Å². The minimum atomic E-state index is 1.26. The van der Waals surface area contributed by atoms with Crippen LogP contribution >= 0.6 is 11.3 Å². The van der Waals surface area contributed by atoms with Crippen LogP contribution < -0.4 is 0 Å². The summed E-state index contributed by atoms with van der Waals surface area (Å²) in [6.07, 6.45) is 0. The molecule has 0 bridgehead atoms. The van der Waals surface area contributed by atoms with Crippen molar-refractivity contribution in [3.63, 3.8) is 0 Å². The summed E-state index contributed by atoms with van der Waals surface area (Å²) in [4.78, 5) is 0. The van der Waals surface area contributed by atoms with Crippen LogP contribution in [-0.2, 0) is 0 Å². The van der Waals surface area contributed by atoms with Gasteiger partial charge in [0.25, 0.3) is 0 Å². The molecule has 0 aliphatic heterocycles. The highest BCUT2D eigenvalue weighted by Gasteiger charge is 2.20. The molecule has 0 aliphatic carbocycles. The summed E-state index contributed by atoms with van der Waals surface area (Å²) in [5.41, 5.74) is 5.18. The molecule has 0 N–H and O–H groups in total. The fourth-order valence-electron chi connectivity index (χ4n) is 8.47. The zero-order valence-corrected chi connectivity index (χ0v) is 27.4. The van der Waals surface area contributed by atoms with Crippen LogP contribution in [0.5, 0.6) is 0 Å². The van der Waals surface area contributed by atoms with Crippen LogP contribution in [0, 0.1) is 0 Å². The van der Waals surface area contributed by atoms with Crippen molar-refractivity contribution in [2.75, 3.05) is 0 Å². The summed E-state index contributed by atoms with van der Waals surface area (Å²) in [7, 11) is 0. The molecule has 0 spiro atoms. The predicted molar refractivity (Wildman–Crippen MR) is 215 cm³/mol. The molecule has 11 aromatic rings. The SMILES string of the molecule is c1ccc2c(-c3c4ccccc4c(-c4ccc5c(c4)sc4c5ccc5c6ccccc6ccc54)c4ccccc34)c3ccccc3cc2c1. The molecule has 0 aliphatic rings. The number of hydrogen-bond donors (Lipinski definition) is 0. The molecule has 0 atom stereocenters. The normalized spacial score (nSPS) is 12.1. The van der Waals surface area contributed by atoms with Gasteiger partial charge < -0.3 is 0 Å². The standard InChI is InChI=1S/C48H28S/c1-4-14-33-29(11-1)21-24-42-36(33)25-26-43-37-23-22-32(28-44(37)49-48(42)43)45-38-17-7-9-19-40(38)47(41-20-10-8-18-39(41)45)46-34-15-5-2-12-30(34)27-31-13-3-6-16-35(31)46/h1-28H. The van der Waals surface area contributed by atoms with Gasteiger partial charge in [0.15, 0.2) is 0 Å². The molecule has 0 radical (unpaired) electrons. The maximum atomic E-state index is 2.44. The Bertz CT molecular complexity index is 3050. The Balaban J connectivity index is 1.22. The predicted octanol–water partition coefficient (Wildman–Crippen LogP) is 14.3. The molecule has 1 aromatic heterocycles. The molecular weight excluding hydrogens is 609 g/mol. The van der Waals surface area contributed by atoms with E-state index >= 15 is 0 Å². The third-order valence-corrected chi connectivity index (χ3v) is 11.8. The Morgan fingerprint density at radius 3 is 1.37 bits per heavy atom. The molecule has 0 nitrogen and oxygen atoms in total. The Kier molecular flexibility index (Phi) is 5.64. The molecule has 11 rings (SSSR count). The highest BCUT2D eigenvalue weighted by molar-refractivity contribution is 7.26. The van der Waals surface area contributed by atoms with Gasteiger partial charge in [-0.05, 0) is 93.6 Å². The van der Waals surface area contributed by atoms with E-state index in [0.29, 0.717) is 0 Å². The van der Waals surface area contributed by atoms with Crippen molar-refractivity contribution < 1.29 is 0 Å². The van der Waals surface area contributed by atoms with Gasteiger partial charge >= 0.3 is 0 Å². The molecule has 0 saturated heterocycles. The van der Waals surface area contributed by atoms with Crippen LogP contribution in [0.3, 0.4) is 0 Å². The first-order valence-corrected chi connectivity index (χ1v) is 17.7. The van der Waals surface area contributed by atoms with E-state index in [1.165, 1.54) is 107 Å². The van der Waals surface area contributed by atoms with Crippen molar-refractivity contribution in [2.45, 2.75) is 0 Å². The maximum absolute atomic E-state index is 2.44. The third-order valence-electron chi connectivity index (χ3n) is 10.6. The molecule has 226 valence electrons. The molecule has 0 unspecified atom stereocenters. The Morgan fingerprint density at radius 1 is 0.265 bits per heavy atom. The van der Waals surface area contributed by atoms with E-state index in [0.717, 1.165) is 0 Å². The summed E-state index contributed by atoms with van der Waals surface area (Å²) in [5, 5.41) is 18.2.